The molecule has 0 aliphatic carbocycles. The third-order valence-electron chi connectivity index (χ3n) is 2.86. The molecule has 1 N–H and O–H groups in total. The average Bonchev–Trinajstić information content (AvgIpc) is 2.46. The van der Waals surface area contributed by atoms with Crippen LogP contribution in [0, 0.1) is 29.0 Å². The summed E-state index contributed by atoms with van der Waals surface area (Å²) >= 11 is 0. The van der Waals surface area contributed by atoms with Crippen LogP contribution in [0.5, 0.6) is 0 Å². The average molecular weight is 288 g/mol. The first kappa shape index (κ1) is 16.7. The standard InChI is InChI=1S/C16H17FN2O2/c1-12(2)19(9-4-8-18)16(21)14-11-13(5-3-10-20)6-7-15(14)17/h6-7,11-12,20H,4,9-10H2,1-2H3. The molecule has 0 aliphatic heterocycles. The predicted molar refractivity (Wildman–Crippen MR) is 76.8 cm³/mol. The molecular weight excluding hydrogens is 271 g/mol. The van der Waals surface area contributed by atoms with Crippen molar-refractivity contribution in [1.29, 1.82) is 5.26 Å². The van der Waals surface area contributed by atoms with Gasteiger partial charge in [-0.3, -0.25) is 4.79 Å². The van der Waals surface area contributed by atoms with E-state index in [1.807, 2.05) is 19.9 Å². The SMILES string of the molecule is CC(C)N(CCC#N)C(=O)c1cc(C#CCO)ccc1F. The Bertz CT molecular complexity index is 609. The molecule has 1 amide bonds. The molecule has 0 radical (unpaired) electrons. The molecule has 0 saturated heterocycles. The molecule has 0 aliphatic rings. The zero-order chi connectivity index (χ0) is 15.8. The lowest BCUT2D eigenvalue weighted by atomic mass is 10.1. The van der Waals surface area contributed by atoms with Crippen LogP contribution in [-0.2, 0) is 0 Å². The molecular formula is C16H17FN2O2. The van der Waals surface area contributed by atoms with Gasteiger partial charge < -0.3 is 10.0 Å². The van der Waals surface area contributed by atoms with E-state index in [9.17, 15) is 9.18 Å². The van der Waals surface area contributed by atoms with Crippen LogP contribution in [0.15, 0.2) is 18.2 Å². The number of hydrogen-bond donors (Lipinski definition) is 1. The molecule has 0 unspecified atom stereocenters. The fourth-order valence-corrected chi connectivity index (χ4v) is 1.83. The second-order valence-electron chi connectivity index (χ2n) is 4.65. The number of carbonyl (C=O) groups excluding carboxylic acids is 1. The van der Waals surface area contributed by atoms with Gasteiger partial charge in [-0.2, -0.15) is 5.26 Å². The zero-order valence-corrected chi connectivity index (χ0v) is 12.1. The molecule has 0 saturated carbocycles. The molecule has 1 rings (SSSR count). The molecule has 0 fully saturated rings. The van der Waals surface area contributed by atoms with Gasteiger partial charge in [0.15, 0.2) is 0 Å². The molecule has 0 spiro atoms. The van der Waals surface area contributed by atoms with Crippen molar-refractivity contribution < 1.29 is 14.3 Å². The van der Waals surface area contributed by atoms with Gasteiger partial charge in [0.2, 0.25) is 0 Å². The van der Waals surface area contributed by atoms with Gasteiger partial charge >= 0.3 is 0 Å². The summed E-state index contributed by atoms with van der Waals surface area (Å²) < 4.78 is 13.9. The van der Waals surface area contributed by atoms with E-state index < -0.39 is 11.7 Å². The van der Waals surface area contributed by atoms with Crippen molar-refractivity contribution in [3.05, 3.63) is 35.1 Å². The maximum atomic E-state index is 13.9. The number of nitriles is 1. The lowest BCUT2D eigenvalue weighted by Gasteiger charge is -2.26. The predicted octanol–water partition coefficient (Wildman–Crippen LogP) is 1.93. The summed E-state index contributed by atoms with van der Waals surface area (Å²) in [5.74, 6) is 4.00. The van der Waals surface area contributed by atoms with Crippen LogP contribution in [0.1, 0.15) is 36.2 Å². The van der Waals surface area contributed by atoms with Crippen molar-refractivity contribution in [2.24, 2.45) is 0 Å². The molecule has 0 bridgehead atoms. The van der Waals surface area contributed by atoms with Gasteiger partial charge in [-0.05, 0) is 32.0 Å². The van der Waals surface area contributed by atoms with Crippen LogP contribution >= 0.6 is 0 Å². The Labute approximate surface area is 123 Å². The number of aliphatic hydroxyl groups excluding tert-OH is 1. The number of amides is 1. The van der Waals surface area contributed by atoms with E-state index in [1.165, 1.54) is 23.1 Å². The zero-order valence-electron chi connectivity index (χ0n) is 12.1. The van der Waals surface area contributed by atoms with E-state index >= 15 is 0 Å². The van der Waals surface area contributed by atoms with E-state index in [4.69, 9.17) is 10.4 Å². The number of benzene rings is 1. The number of hydrogen-bond acceptors (Lipinski definition) is 3. The molecule has 1 aromatic rings. The summed E-state index contributed by atoms with van der Waals surface area (Å²) in [6.07, 6.45) is 0.190. The Morgan fingerprint density at radius 3 is 2.76 bits per heavy atom. The summed E-state index contributed by atoms with van der Waals surface area (Å²) in [6.45, 7) is 3.56. The van der Waals surface area contributed by atoms with E-state index in [0.717, 1.165) is 0 Å². The molecule has 0 atom stereocenters. The monoisotopic (exact) mass is 288 g/mol. The molecule has 5 heteroatoms. The summed E-state index contributed by atoms with van der Waals surface area (Å²) in [4.78, 5) is 13.9. The van der Waals surface area contributed by atoms with Crippen molar-refractivity contribution >= 4 is 5.91 Å². The Hall–Kier alpha value is -2.37. The molecule has 110 valence electrons. The van der Waals surface area contributed by atoms with E-state index in [0.29, 0.717) is 5.56 Å². The highest BCUT2D eigenvalue weighted by Crippen LogP contribution is 2.15. The number of aliphatic hydroxyl groups is 1. The quantitative estimate of drug-likeness (QED) is 0.861. The minimum absolute atomic E-state index is 0.0774. The number of halogens is 1. The fourth-order valence-electron chi connectivity index (χ4n) is 1.83. The summed E-state index contributed by atoms with van der Waals surface area (Å²) in [7, 11) is 0. The van der Waals surface area contributed by atoms with Gasteiger partial charge in [-0.15, -0.1) is 0 Å². The van der Waals surface area contributed by atoms with Crippen molar-refractivity contribution in [2.75, 3.05) is 13.2 Å². The van der Waals surface area contributed by atoms with Crippen LogP contribution in [0.2, 0.25) is 0 Å². The lowest BCUT2D eigenvalue weighted by molar-refractivity contribution is 0.0705. The van der Waals surface area contributed by atoms with Gasteiger partial charge in [-0.25, -0.2) is 4.39 Å². The highest BCUT2D eigenvalue weighted by molar-refractivity contribution is 5.95. The van der Waals surface area contributed by atoms with E-state index in [1.54, 1.807) is 0 Å². The lowest BCUT2D eigenvalue weighted by Crippen LogP contribution is -2.38. The third-order valence-corrected chi connectivity index (χ3v) is 2.86. The highest BCUT2D eigenvalue weighted by atomic mass is 19.1. The summed E-state index contributed by atoms with van der Waals surface area (Å²) in [5.41, 5.74) is 0.379. The van der Waals surface area contributed by atoms with Crippen LogP contribution in [0.4, 0.5) is 4.39 Å². The van der Waals surface area contributed by atoms with Crippen molar-refractivity contribution in [3.63, 3.8) is 0 Å². The van der Waals surface area contributed by atoms with Gasteiger partial charge in [0.1, 0.15) is 12.4 Å². The van der Waals surface area contributed by atoms with Crippen molar-refractivity contribution in [3.8, 4) is 17.9 Å². The number of rotatable bonds is 4. The van der Waals surface area contributed by atoms with E-state index in [2.05, 4.69) is 11.8 Å². The minimum atomic E-state index is -0.628. The van der Waals surface area contributed by atoms with Crippen LogP contribution < -0.4 is 0 Å². The fraction of sp³-hybridized carbons (Fsp3) is 0.375. The maximum absolute atomic E-state index is 13.9. The second-order valence-corrected chi connectivity index (χ2v) is 4.65. The third kappa shape index (κ3) is 4.59. The maximum Gasteiger partial charge on any atom is 0.257 e. The first-order chi connectivity index (χ1) is 10.0. The van der Waals surface area contributed by atoms with E-state index in [-0.39, 0.29) is 31.2 Å². The van der Waals surface area contributed by atoms with Crippen LogP contribution in [0.3, 0.4) is 0 Å². The molecule has 1 aromatic carbocycles. The van der Waals surface area contributed by atoms with Crippen molar-refractivity contribution in [1.82, 2.24) is 4.90 Å². The van der Waals surface area contributed by atoms with Crippen molar-refractivity contribution in [2.45, 2.75) is 26.3 Å². The van der Waals surface area contributed by atoms with Crippen LogP contribution in [0.25, 0.3) is 0 Å². The molecule has 0 heterocycles. The Kier molecular flexibility index (Phi) is 6.39. The van der Waals surface area contributed by atoms with Crippen LogP contribution in [-0.4, -0.2) is 35.1 Å². The van der Waals surface area contributed by atoms with Gasteiger partial charge in [0.25, 0.3) is 5.91 Å². The second kappa shape index (κ2) is 8.04. The van der Waals surface area contributed by atoms with Gasteiger partial charge in [-0.1, -0.05) is 11.8 Å². The normalized spacial score (nSPS) is 9.71. The Morgan fingerprint density at radius 2 is 2.19 bits per heavy atom. The number of nitrogens with zero attached hydrogens (tertiary/aromatic N) is 2. The summed E-state index contributed by atoms with van der Waals surface area (Å²) in [6, 6.07) is 5.82. The summed E-state index contributed by atoms with van der Waals surface area (Å²) in [5, 5.41) is 17.3. The smallest absolute Gasteiger partial charge is 0.257 e. The number of carbonyl (C=O) groups is 1. The first-order valence-corrected chi connectivity index (χ1v) is 6.58. The Morgan fingerprint density at radius 1 is 1.48 bits per heavy atom. The largest absolute Gasteiger partial charge is 0.384 e. The van der Waals surface area contributed by atoms with Gasteiger partial charge in [0.05, 0.1) is 18.1 Å². The minimum Gasteiger partial charge on any atom is -0.384 e. The van der Waals surface area contributed by atoms with Gasteiger partial charge in [0, 0.05) is 18.2 Å². The molecule has 0 aromatic heterocycles. The first-order valence-electron chi connectivity index (χ1n) is 6.58. The Balaban J connectivity index is 3.12. The molecule has 4 nitrogen and oxygen atoms in total. The molecule has 21 heavy (non-hydrogen) atoms. The topological polar surface area (TPSA) is 64.3 Å². The highest BCUT2D eigenvalue weighted by Gasteiger charge is 2.21.